The first-order valence-corrected chi connectivity index (χ1v) is 3.16. The Balaban J connectivity index is 2.68. The second kappa shape index (κ2) is 4.76. The lowest BCUT2D eigenvalue weighted by atomic mass is 10.3. The minimum Gasteiger partial charge on any atom is -0.328 e. The van der Waals surface area contributed by atoms with E-state index in [1.54, 1.807) is 0 Å². The molecule has 0 radical (unpaired) electrons. The molecule has 0 atom stereocenters. The van der Waals surface area contributed by atoms with E-state index in [2.05, 4.69) is 12.2 Å². The van der Waals surface area contributed by atoms with Crippen LogP contribution in [0.15, 0.2) is 0 Å². The van der Waals surface area contributed by atoms with E-state index in [1.807, 2.05) is 0 Å². The SMILES string of the molecule is CCCNB(Cl)Cl. The monoisotopic (exact) mass is 139 g/mol. The lowest BCUT2D eigenvalue weighted by Gasteiger charge is -1.95. The van der Waals surface area contributed by atoms with Crippen LogP contribution in [0.2, 0.25) is 0 Å². The molecule has 0 aromatic rings. The molecule has 0 aromatic heterocycles. The minimum absolute atomic E-state index is 0.403. The van der Waals surface area contributed by atoms with E-state index in [0.29, 0.717) is 0 Å². The Hall–Kier alpha value is 0.605. The van der Waals surface area contributed by atoms with E-state index in [9.17, 15) is 0 Å². The van der Waals surface area contributed by atoms with Crippen molar-refractivity contribution < 1.29 is 0 Å². The van der Waals surface area contributed by atoms with Crippen LogP contribution in [0.1, 0.15) is 13.3 Å². The molecular formula is C3H8BCl2N. The highest BCUT2D eigenvalue weighted by atomic mass is 35.5. The summed E-state index contributed by atoms with van der Waals surface area (Å²) in [5, 5.41) is 2.83. The van der Waals surface area contributed by atoms with Crippen molar-refractivity contribution in [2.75, 3.05) is 6.54 Å². The second-order valence-electron chi connectivity index (χ2n) is 1.25. The average molecular weight is 140 g/mol. The van der Waals surface area contributed by atoms with E-state index >= 15 is 0 Å². The molecule has 0 rings (SSSR count). The normalized spacial score (nSPS) is 9.00. The molecule has 42 valence electrons. The number of halogens is 2. The van der Waals surface area contributed by atoms with Crippen LogP contribution < -0.4 is 5.23 Å². The van der Waals surface area contributed by atoms with Crippen molar-refractivity contribution in [2.24, 2.45) is 0 Å². The zero-order valence-corrected chi connectivity index (χ0v) is 5.76. The van der Waals surface area contributed by atoms with Gasteiger partial charge in [-0.1, -0.05) is 6.92 Å². The fourth-order valence-electron chi connectivity index (χ4n) is 0.253. The molecule has 0 saturated carbocycles. The zero-order valence-electron chi connectivity index (χ0n) is 4.25. The van der Waals surface area contributed by atoms with Gasteiger partial charge < -0.3 is 5.23 Å². The molecule has 1 nitrogen and oxygen atoms in total. The first-order chi connectivity index (χ1) is 3.27. The van der Waals surface area contributed by atoms with Crippen LogP contribution in [0.4, 0.5) is 0 Å². The Labute approximate surface area is 54.3 Å². The van der Waals surface area contributed by atoms with Gasteiger partial charge in [-0.05, 0) is 13.0 Å². The van der Waals surface area contributed by atoms with Crippen LogP contribution in [0.5, 0.6) is 0 Å². The Kier molecular flexibility index (Phi) is 5.17. The molecular weight excluding hydrogens is 132 g/mol. The van der Waals surface area contributed by atoms with Crippen LogP contribution in [0, 0.1) is 0 Å². The van der Waals surface area contributed by atoms with Gasteiger partial charge in [0.2, 0.25) is 0 Å². The molecule has 0 saturated heterocycles. The van der Waals surface area contributed by atoms with Gasteiger partial charge in [0.15, 0.2) is 0 Å². The van der Waals surface area contributed by atoms with Crippen molar-refractivity contribution in [1.29, 1.82) is 0 Å². The molecule has 0 bridgehead atoms. The fraction of sp³-hybridized carbons (Fsp3) is 1.00. The van der Waals surface area contributed by atoms with Gasteiger partial charge in [0.05, 0.1) is 0 Å². The topological polar surface area (TPSA) is 12.0 Å². The zero-order chi connectivity index (χ0) is 5.70. The third-order valence-corrected chi connectivity index (χ3v) is 0.857. The lowest BCUT2D eigenvalue weighted by Crippen LogP contribution is -2.23. The van der Waals surface area contributed by atoms with Gasteiger partial charge in [-0.2, -0.15) is 0 Å². The number of hydrogen-bond donors (Lipinski definition) is 1. The minimum atomic E-state index is -0.403. The van der Waals surface area contributed by atoms with E-state index in [-0.39, 0.29) is 0 Å². The van der Waals surface area contributed by atoms with Crippen molar-refractivity contribution >= 4 is 28.6 Å². The van der Waals surface area contributed by atoms with Crippen LogP contribution >= 0.6 is 22.9 Å². The summed E-state index contributed by atoms with van der Waals surface area (Å²) in [4.78, 5) is 0. The summed E-state index contributed by atoms with van der Waals surface area (Å²) in [6.07, 6.45) is 1.07. The molecule has 1 N–H and O–H groups in total. The number of nitrogens with one attached hydrogen (secondary N) is 1. The highest BCUT2D eigenvalue weighted by Crippen LogP contribution is 1.88. The third-order valence-electron chi connectivity index (χ3n) is 0.549. The van der Waals surface area contributed by atoms with Gasteiger partial charge in [0.25, 0.3) is 0 Å². The van der Waals surface area contributed by atoms with E-state index in [1.165, 1.54) is 0 Å². The summed E-state index contributed by atoms with van der Waals surface area (Å²) < 4.78 is 0. The van der Waals surface area contributed by atoms with Crippen molar-refractivity contribution in [1.82, 2.24) is 5.23 Å². The van der Waals surface area contributed by atoms with Crippen LogP contribution in [-0.2, 0) is 0 Å². The molecule has 0 amide bonds. The van der Waals surface area contributed by atoms with Crippen LogP contribution in [0.3, 0.4) is 0 Å². The third kappa shape index (κ3) is 6.60. The molecule has 0 aliphatic rings. The standard InChI is InChI=1S/C3H8BCl2N/c1-2-3-7-4(5)6/h7H,2-3H2,1H3. The Morgan fingerprint density at radius 2 is 2.14 bits per heavy atom. The molecule has 0 unspecified atom stereocenters. The summed E-state index contributed by atoms with van der Waals surface area (Å²) in [7, 11) is 0. The molecule has 0 aromatic carbocycles. The fourth-order valence-corrected chi connectivity index (χ4v) is 0.472. The second-order valence-corrected chi connectivity index (χ2v) is 2.35. The first kappa shape index (κ1) is 7.60. The molecule has 0 fully saturated rings. The lowest BCUT2D eigenvalue weighted by molar-refractivity contribution is 0.864. The summed E-state index contributed by atoms with van der Waals surface area (Å²) in [6, 6.07) is 0. The van der Waals surface area contributed by atoms with Crippen molar-refractivity contribution in [3.8, 4) is 0 Å². The van der Waals surface area contributed by atoms with Crippen molar-refractivity contribution in [2.45, 2.75) is 13.3 Å². The quantitative estimate of drug-likeness (QED) is 0.584. The molecule has 4 heteroatoms. The highest BCUT2D eigenvalue weighted by molar-refractivity contribution is 7.32. The van der Waals surface area contributed by atoms with E-state index in [4.69, 9.17) is 22.9 Å². The van der Waals surface area contributed by atoms with E-state index in [0.717, 1.165) is 13.0 Å². The first-order valence-electron chi connectivity index (χ1n) is 2.29. The van der Waals surface area contributed by atoms with Crippen LogP contribution in [-0.4, -0.2) is 12.2 Å². The predicted molar refractivity (Wildman–Crippen MR) is 35.8 cm³/mol. The summed E-state index contributed by atoms with van der Waals surface area (Å²) >= 11 is 10.6. The predicted octanol–water partition coefficient (Wildman–Crippen LogP) is 1.45. The Morgan fingerprint density at radius 3 is 2.29 bits per heavy atom. The Morgan fingerprint density at radius 1 is 1.57 bits per heavy atom. The van der Waals surface area contributed by atoms with E-state index < -0.39 is 5.68 Å². The maximum absolute atomic E-state index is 5.31. The van der Waals surface area contributed by atoms with Gasteiger partial charge in [0.1, 0.15) is 0 Å². The van der Waals surface area contributed by atoms with Gasteiger partial charge >= 0.3 is 5.68 Å². The van der Waals surface area contributed by atoms with Crippen molar-refractivity contribution in [3.05, 3.63) is 0 Å². The van der Waals surface area contributed by atoms with Crippen LogP contribution in [0.25, 0.3) is 0 Å². The average Bonchev–Trinajstić information content (AvgIpc) is 1.61. The summed E-state index contributed by atoms with van der Waals surface area (Å²) in [5.41, 5.74) is -0.403. The maximum atomic E-state index is 5.31. The maximum Gasteiger partial charge on any atom is 0.432 e. The molecule has 0 aliphatic heterocycles. The van der Waals surface area contributed by atoms with Gasteiger partial charge in [-0.15, -0.1) is 22.9 Å². The number of rotatable bonds is 3. The highest BCUT2D eigenvalue weighted by Gasteiger charge is 2.00. The van der Waals surface area contributed by atoms with Gasteiger partial charge in [-0.3, -0.25) is 0 Å². The number of hydrogen-bond acceptors (Lipinski definition) is 1. The smallest absolute Gasteiger partial charge is 0.328 e. The molecule has 7 heavy (non-hydrogen) atoms. The molecule has 0 aliphatic carbocycles. The largest absolute Gasteiger partial charge is 0.432 e. The summed E-state index contributed by atoms with van der Waals surface area (Å²) in [6.45, 7) is 2.95. The van der Waals surface area contributed by atoms with Gasteiger partial charge in [-0.25, -0.2) is 0 Å². The summed E-state index contributed by atoms with van der Waals surface area (Å²) in [5.74, 6) is 0. The Bertz CT molecular complexity index is 41.9. The van der Waals surface area contributed by atoms with Gasteiger partial charge in [0, 0.05) is 0 Å². The molecule has 0 spiro atoms. The molecule has 0 heterocycles. The van der Waals surface area contributed by atoms with Crippen molar-refractivity contribution in [3.63, 3.8) is 0 Å².